The molecule has 0 atom stereocenters. The highest BCUT2D eigenvalue weighted by atomic mass is 19.4. The standard InChI is InChI=1S/C21H24F2N4O.C2HF3O2/c1-14-10-16(4-7-24-14)25-21(28)27-8-5-15(6-9-27)11-18-19(22)12-17(26(2)3)13-20(18)23;3-2(4,5)1(6)7/h4,7,10-13H,5-6,8-9H2,1-3H3,(H,24,25,28);(H,6,7). The van der Waals surface area contributed by atoms with Gasteiger partial charge in [0.05, 0.1) is 0 Å². The Balaban J connectivity index is 0.000000540. The fourth-order valence-electron chi connectivity index (χ4n) is 3.14. The molecule has 1 aromatic carbocycles. The van der Waals surface area contributed by atoms with Crippen molar-refractivity contribution in [1.82, 2.24) is 9.88 Å². The van der Waals surface area contributed by atoms with Crippen LogP contribution in [-0.2, 0) is 4.79 Å². The minimum absolute atomic E-state index is 0.0224. The Morgan fingerprint density at radius 1 is 1.11 bits per heavy atom. The molecule has 2 N–H and O–H groups in total. The Hall–Kier alpha value is -3.70. The molecular weight excluding hydrogens is 475 g/mol. The van der Waals surface area contributed by atoms with E-state index < -0.39 is 23.8 Å². The second-order valence-electron chi connectivity index (χ2n) is 7.93. The van der Waals surface area contributed by atoms with Crippen LogP contribution in [0, 0.1) is 18.6 Å². The highest BCUT2D eigenvalue weighted by Gasteiger charge is 2.38. The highest BCUT2D eigenvalue weighted by Crippen LogP contribution is 2.26. The van der Waals surface area contributed by atoms with E-state index in [9.17, 15) is 26.7 Å². The average molecular weight is 500 g/mol. The molecule has 1 aliphatic rings. The Morgan fingerprint density at radius 3 is 2.11 bits per heavy atom. The maximum atomic E-state index is 14.3. The molecule has 0 spiro atoms. The van der Waals surface area contributed by atoms with Crippen LogP contribution in [0.5, 0.6) is 0 Å². The maximum absolute atomic E-state index is 14.3. The first-order valence-electron chi connectivity index (χ1n) is 10.4. The summed E-state index contributed by atoms with van der Waals surface area (Å²) in [4.78, 5) is 28.8. The van der Waals surface area contributed by atoms with Crippen molar-refractivity contribution in [3.8, 4) is 0 Å². The monoisotopic (exact) mass is 500 g/mol. The summed E-state index contributed by atoms with van der Waals surface area (Å²) in [6, 6.07) is 6.01. The number of carboxylic acids is 1. The van der Waals surface area contributed by atoms with E-state index in [-0.39, 0.29) is 11.6 Å². The summed E-state index contributed by atoms with van der Waals surface area (Å²) in [5.74, 6) is -3.92. The molecule has 3 rings (SSSR count). The molecular formula is C23H25F5N4O3. The minimum Gasteiger partial charge on any atom is -0.475 e. The number of aryl methyl sites for hydroxylation is 1. The zero-order valence-corrected chi connectivity index (χ0v) is 19.3. The zero-order valence-electron chi connectivity index (χ0n) is 19.3. The lowest BCUT2D eigenvalue weighted by Gasteiger charge is -2.28. The molecule has 7 nitrogen and oxygen atoms in total. The number of amides is 2. The van der Waals surface area contributed by atoms with Crippen molar-refractivity contribution in [2.45, 2.75) is 25.9 Å². The Morgan fingerprint density at radius 2 is 1.66 bits per heavy atom. The number of anilines is 2. The molecule has 0 bridgehead atoms. The zero-order chi connectivity index (χ0) is 26.3. The topological polar surface area (TPSA) is 85.8 Å². The van der Waals surface area contributed by atoms with Gasteiger partial charge in [-0.2, -0.15) is 13.2 Å². The smallest absolute Gasteiger partial charge is 0.475 e. The van der Waals surface area contributed by atoms with Gasteiger partial charge in [-0.15, -0.1) is 0 Å². The first kappa shape index (κ1) is 27.5. The summed E-state index contributed by atoms with van der Waals surface area (Å²) in [5.41, 5.74) is 2.91. The van der Waals surface area contributed by atoms with Gasteiger partial charge in [0.2, 0.25) is 0 Å². The van der Waals surface area contributed by atoms with Crippen molar-refractivity contribution in [2.24, 2.45) is 0 Å². The molecule has 0 aliphatic carbocycles. The van der Waals surface area contributed by atoms with Gasteiger partial charge in [-0.25, -0.2) is 18.4 Å². The van der Waals surface area contributed by atoms with Crippen LogP contribution in [0.4, 0.5) is 38.1 Å². The Kier molecular flexibility index (Phi) is 9.15. The van der Waals surface area contributed by atoms with Gasteiger partial charge >= 0.3 is 18.2 Å². The molecule has 2 heterocycles. The lowest BCUT2D eigenvalue weighted by molar-refractivity contribution is -0.192. The summed E-state index contributed by atoms with van der Waals surface area (Å²) in [5, 5.41) is 9.98. The second kappa shape index (κ2) is 11.6. The van der Waals surface area contributed by atoms with Crippen molar-refractivity contribution in [3.63, 3.8) is 0 Å². The van der Waals surface area contributed by atoms with Gasteiger partial charge in [0.1, 0.15) is 11.6 Å². The number of halogens is 5. The van der Waals surface area contributed by atoms with Crippen LogP contribution in [0.25, 0.3) is 6.08 Å². The van der Waals surface area contributed by atoms with Gasteiger partial charge in [-0.1, -0.05) is 5.57 Å². The molecule has 1 saturated heterocycles. The van der Waals surface area contributed by atoms with Crippen molar-refractivity contribution in [2.75, 3.05) is 37.4 Å². The fraction of sp³-hybridized carbons (Fsp3) is 0.348. The van der Waals surface area contributed by atoms with Gasteiger partial charge in [0.15, 0.2) is 0 Å². The number of carbonyl (C=O) groups excluding carboxylic acids is 1. The summed E-state index contributed by atoms with van der Waals surface area (Å²) in [7, 11) is 3.47. The van der Waals surface area contributed by atoms with E-state index in [4.69, 9.17) is 9.90 Å². The number of hydrogen-bond donors (Lipinski definition) is 2. The lowest BCUT2D eigenvalue weighted by Crippen LogP contribution is -2.39. The number of likely N-dealkylation sites (tertiary alicyclic amines) is 1. The van der Waals surface area contributed by atoms with E-state index in [1.807, 2.05) is 6.92 Å². The van der Waals surface area contributed by atoms with Crippen LogP contribution >= 0.6 is 0 Å². The summed E-state index contributed by atoms with van der Waals surface area (Å²) in [6.07, 6.45) is -0.702. The maximum Gasteiger partial charge on any atom is 0.490 e. The fourth-order valence-corrected chi connectivity index (χ4v) is 3.14. The van der Waals surface area contributed by atoms with Crippen LogP contribution in [0.1, 0.15) is 24.1 Å². The number of rotatable bonds is 3. The van der Waals surface area contributed by atoms with E-state index in [0.29, 0.717) is 37.3 Å². The van der Waals surface area contributed by atoms with Crippen LogP contribution in [-0.4, -0.2) is 60.4 Å². The number of pyridine rings is 1. The Bertz CT molecular complexity index is 1070. The number of hydrogen-bond acceptors (Lipinski definition) is 4. The second-order valence-corrected chi connectivity index (χ2v) is 7.93. The van der Waals surface area contributed by atoms with Crippen LogP contribution in [0.2, 0.25) is 0 Å². The number of nitrogens with one attached hydrogen (secondary N) is 1. The number of aliphatic carboxylic acids is 1. The summed E-state index contributed by atoms with van der Waals surface area (Å²) in [6.45, 7) is 2.86. The third kappa shape index (κ3) is 8.23. The highest BCUT2D eigenvalue weighted by molar-refractivity contribution is 5.89. The minimum atomic E-state index is -5.08. The SMILES string of the molecule is Cc1cc(NC(=O)N2CCC(=Cc3c(F)cc(N(C)C)cc3F)CC2)ccn1.O=C(O)C(F)(F)F. The van der Waals surface area contributed by atoms with E-state index >= 15 is 0 Å². The van der Waals surface area contributed by atoms with Gasteiger partial charge in [0.25, 0.3) is 0 Å². The Labute approximate surface area is 198 Å². The molecule has 0 saturated carbocycles. The number of piperidine rings is 1. The molecule has 1 aliphatic heterocycles. The van der Waals surface area contributed by atoms with Crippen LogP contribution in [0.3, 0.4) is 0 Å². The van der Waals surface area contributed by atoms with E-state index in [2.05, 4.69) is 10.3 Å². The molecule has 0 radical (unpaired) electrons. The summed E-state index contributed by atoms with van der Waals surface area (Å²) >= 11 is 0. The quantitative estimate of drug-likeness (QED) is 0.575. The van der Waals surface area contributed by atoms with Gasteiger partial charge in [-0.3, -0.25) is 4.98 Å². The number of benzene rings is 1. The van der Waals surface area contributed by atoms with Crippen molar-refractivity contribution < 1.29 is 36.6 Å². The molecule has 0 unspecified atom stereocenters. The lowest BCUT2D eigenvalue weighted by atomic mass is 10.0. The van der Waals surface area contributed by atoms with Gasteiger partial charge < -0.3 is 20.2 Å². The number of urea groups is 1. The molecule has 1 aromatic heterocycles. The molecule has 12 heteroatoms. The third-order valence-electron chi connectivity index (χ3n) is 5.01. The molecule has 2 amide bonds. The first-order valence-corrected chi connectivity index (χ1v) is 10.4. The van der Waals surface area contributed by atoms with Crippen LogP contribution < -0.4 is 10.2 Å². The van der Waals surface area contributed by atoms with Crippen molar-refractivity contribution >= 4 is 29.5 Å². The van der Waals surface area contributed by atoms with Crippen molar-refractivity contribution in [3.05, 3.63) is 58.9 Å². The van der Waals surface area contributed by atoms with Gasteiger partial charge in [-0.05, 0) is 50.1 Å². The third-order valence-corrected chi connectivity index (χ3v) is 5.01. The predicted molar refractivity (Wildman–Crippen MR) is 121 cm³/mol. The molecule has 35 heavy (non-hydrogen) atoms. The molecule has 1 fully saturated rings. The normalized spacial score (nSPS) is 13.5. The molecule has 2 aromatic rings. The van der Waals surface area contributed by atoms with E-state index in [1.165, 1.54) is 12.1 Å². The molecule has 190 valence electrons. The number of carboxylic acid groups (broad SMARTS) is 1. The number of carbonyl (C=O) groups is 2. The largest absolute Gasteiger partial charge is 0.490 e. The van der Waals surface area contributed by atoms with E-state index in [0.717, 1.165) is 11.3 Å². The predicted octanol–water partition coefficient (Wildman–Crippen LogP) is 5.08. The summed E-state index contributed by atoms with van der Waals surface area (Å²) < 4.78 is 60.4. The van der Waals surface area contributed by atoms with Crippen molar-refractivity contribution in [1.29, 1.82) is 0 Å². The van der Waals surface area contributed by atoms with E-state index in [1.54, 1.807) is 48.3 Å². The number of nitrogens with zero attached hydrogens (tertiary/aromatic N) is 3. The number of alkyl halides is 3. The average Bonchev–Trinajstić information content (AvgIpc) is 2.76. The number of aromatic nitrogens is 1. The van der Waals surface area contributed by atoms with Crippen LogP contribution in [0.15, 0.2) is 36.0 Å². The first-order chi connectivity index (χ1) is 16.3. The van der Waals surface area contributed by atoms with Gasteiger partial charge in [0, 0.05) is 56.0 Å².